The van der Waals surface area contributed by atoms with E-state index in [0.717, 1.165) is 13.0 Å². The molecule has 0 radical (unpaired) electrons. The Morgan fingerprint density at radius 3 is 2.29 bits per heavy atom. The largest absolute Gasteiger partial charge is 0.408 e. The number of aromatic nitrogens is 4. The first-order valence-corrected chi connectivity index (χ1v) is 7.15. The molecular weight excluding hydrogens is 345 g/mol. The number of alkyl halides is 3. The zero-order valence-electron chi connectivity index (χ0n) is 16.0. The molecule has 24 heavy (non-hydrogen) atoms. The molecule has 0 amide bonds. The Labute approximate surface area is 146 Å². The molecule has 0 bridgehead atoms. The van der Waals surface area contributed by atoms with Crippen LogP contribution in [0.5, 0.6) is 0 Å². The summed E-state index contributed by atoms with van der Waals surface area (Å²) < 4.78 is 61.6. The van der Waals surface area contributed by atoms with Crippen molar-refractivity contribution in [2.75, 3.05) is 10.6 Å². The standard InChI is InChI=1S/C14H16ClF3N6/c1-7(2)19-12-22-11(9-5-4-6-10(15)21-9)23-13(24-12)20-8(3)14(16,17)18/h4-8H,1-3H3,(H2,19,20,22,23,24)/t8-/m1/s1/i4D,6D,7D. The Kier molecular flexibility index (Phi) is 4.24. The van der Waals surface area contributed by atoms with Gasteiger partial charge in [-0.2, -0.15) is 28.1 Å². The molecule has 2 aromatic heterocycles. The molecular formula is C14H16ClF3N6. The number of halogens is 4. The summed E-state index contributed by atoms with van der Waals surface area (Å²) in [6.45, 7) is 3.89. The van der Waals surface area contributed by atoms with Gasteiger partial charge in [0, 0.05) is 6.02 Å². The van der Waals surface area contributed by atoms with Crippen molar-refractivity contribution >= 4 is 23.5 Å². The lowest BCUT2D eigenvalue weighted by atomic mass is 10.3. The molecule has 2 aromatic rings. The van der Waals surface area contributed by atoms with Crippen LogP contribution in [-0.4, -0.2) is 38.2 Å². The molecule has 2 rings (SSSR count). The summed E-state index contributed by atoms with van der Waals surface area (Å²) in [5, 5.41) is 4.48. The number of hydrogen-bond donors (Lipinski definition) is 2. The van der Waals surface area contributed by atoms with E-state index >= 15 is 0 Å². The molecule has 1 atom stereocenters. The Balaban J connectivity index is 2.53. The second-order valence-corrected chi connectivity index (χ2v) is 5.40. The van der Waals surface area contributed by atoms with Crippen LogP contribution in [0.2, 0.25) is 5.15 Å². The minimum atomic E-state index is -4.53. The van der Waals surface area contributed by atoms with Crippen LogP contribution in [0.15, 0.2) is 18.2 Å². The fourth-order valence-electron chi connectivity index (χ4n) is 1.55. The maximum absolute atomic E-state index is 12.8. The second kappa shape index (κ2) is 7.16. The van der Waals surface area contributed by atoms with Gasteiger partial charge in [-0.25, -0.2) is 4.98 Å². The van der Waals surface area contributed by atoms with Gasteiger partial charge < -0.3 is 10.6 Å². The predicted molar refractivity (Wildman–Crippen MR) is 86.0 cm³/mol. The summed E-state index contributed by atoms with van der Waals surface area (Å²) in [6.07, 6.45) is -4.53. The van der Waals surface area contributed by atoms with Gasteiger partial charge in [-0.15, -0.1) is 0 Å². The van der Waals surface area contributed by atoms with Crippen molar-refractivity contribution in [3.8, 4) is 11.5 Å². The van der Waals surface area contributed by atoms with Gasteiger partial charge in [-0.1, -0.05) is 17.6 Å². The number of pyridine rings is 1. The maximum atomic E-state index is 12.8. The molecule has 2 heterocycles. The zero-order chi connectivity index (χ0) is 20.6. The Morgan fingerprint density at radius 1 is 1.12 bits per heavy atom. The Hall–Kier alpha value is -2.16. The average molecular weight is 364 g/mol. The Morgan fingerprint density at radius 2 is 1.75 bits per heavy atom. The van der Waals surface area contributed by atoms with Crippen LogP contribution >= 0.6 is 11.6 Å². The van der Waals surface area contributed by atoms with E-state index in [1.165, 1.54) is 13.8 Å². The predicted octanol–water partition coefficient (Wildman–Crippen LogP) is 3.77. The molecule has 6 nitrogen and oxygen atoms in total. The van der Waals surface area contributed by atoms with Crippen molar-refractivity contribution in [2.24, 2.45) is 0 Å². The van der Waals surface area contributed by atoms with Crippen LogP contribution in [0.4, 0.5) is 25.1 Å². The number of nitrogens with one attached hydrogen (secondary N) is 2. The van der Waals surface area contributed by atoms with E-state index in [1.54, 1.807) is 0 Å². The molecule has 10 heteroatoms. The first-order chi connectivity index (χ1) is 12.3. The van der Waals surface area contributed by atoms with E-state index < -0.39 is 24.2 Å². The van der Waals surface area contributed by atoms with Crippen molar-refractivity contribution in [1.29, 1.82) is 0 Å². The molecule has 0 spiro atoms. The fraction of sp³-hybridized carbons (Fsp3) is 0.429. The number of anilines is 2. The highest BCUT2D eigenvalue weighted by molar-refractivity contribution is 6.29. The van der Waals surface area contributed by atoms with Gasteiger partial charge >= 0.3 is 6.18 Å². The van der Waals surface area contributed by atoms with Crippen LogP contribution in [0.1, 0.15) is 24.9 Å². The molecule has 0 fully saturated rings. The third-order valence-corrected chi connectivity index (χ3v) is 2.84. The van der Waals surface area contributed by atoms with Gasteiger partial charge in [0.15, 0.2) is 5.82 Å². The van der Waals surface area contributed by atoms with Crippen LogP contribution in [0.3, 0.4) is 0 Å². The zero-order valence-corrected chi connectivity index (χ0v) is 13.7. The highest BCUT2D eigenvalue weighted by Gasteiger charge is 2.36. The smallest absolute Gasteiger partial charge is 0.352 e. The number of rotatable bonds is 5. The summed E-state index contributed by atoms with van der Waals surface area (Å²) in [4.78, 5) is 15.7. The summed E-state index contributed by atoms with van der Waals surface area (Å²) >= 11 is 5.80. The summed E-state index contributed by atoms with van der Waals surface area (Å²) in [7, 11) is 0. The number of hydrogen-bond acceptors (Lipinski definition) is 6. The van der Waals surface area contributed by atoms with Crippen LogP contribution in [-0.2, 0) is 0 Å². The van der Waals surface area contributed by atoms with Crippen molar-refractivity contribution in [3.63, 3.8) is 0 Å². The van der Waals surface area contributed by atoms with Gasteiger partial charge in [0.25, 0.3) is 0 Å². The first kappa shape index (κ1) is 14.2. The highest BCUT2D eigenvalue weighted by atomic mass is 35.5. The van der Waals surface area contributed by atoms with E-state index in [-0.39, 0.29) is 34.7 Å². The van der Waals surface area contributed by atoms with Crippen molar-refractivity contribution in [2.45, 2.75) is 39.0 Å². The third kappa shape index (κ3) is 4.92. The normalized spacial score (nSPS) is 15.2. The second-order valence-electron chi connectivity index (χ2n) is 5.04. The maximum Gasteiger partial charge on any atom is 0.408 e. The van der Waals surface area contributed by atoms with Gasteiger partial charge in [-0.3, -0.25) is 0 Å². The number of nitrogens with zero attached hydrogens (tertiary/aromatic N) is 4. The molecule has 2 N–H and O–H groups in total. The van der Waals surface area contributed by atoms with Gasteiger partial charge in [-0.05, 0) is 32.9 Å². The lowest BCUT2D eigenvalue weighted by Gasteiger charge is -2.18. The molecule has 0 aromatic carbocycles. The molecule has 0 saturated carbocycles. The lowest BCUT2D eigenvalue weighted by molar-refractivity contribution is -0.138. The highest BCUT2D eigenvalue weighted by Crippen LogP contribution is 2.24. The van der Waals surface area contributed by atoms with Crippen molar-refractivity contribution in [3.05, 3.63) is 23.3 Å². The van der Waals surface area contributed by atoms with Crippen molar-refractivity contribution < 1.29 is 17.3 Å². The van der Waals surface area contributed by atoms with E-state index in [1.807, 2.05) is 0 Å². The summed E-state index contributed by atoms with van der Waals surface area (Å²) in [6, 6.07) is -2.55. The molecule has 0 aliphatic rings. The minimum absolute atomic E-state index is 0.0167. The fourth-order valence-corrected chi connectivity index (χ4v) is 1.70. The SMILES string of the molecule is [2H]c1cc(-c2nc(N[C@H](C)C(F)(F)F)nc(NC([2H])(C)C)n2)nc(Cl)c1[2H]. The first-order valence-electron chi connectivity index (χ1n) is 8.28. The molecule has 130 valence electrons. The van der Waals surface area contributed by atoms with Gasteiger partial charge in [0.05, 0.1) is 4.11 Å². The lowest BCUT2D eigenvalue weighted by Crippen LogP contribution is -2.34. The topological polar surface area (TPSA) is 75.6 Å². The third-order valence-electron chi connectivity index (χ3n) is 2.67. The quantitative estimate of drug-likeness (QED) is 0.787. The van der Waals surface area contributed by atoms with Crippen LogP contribution in [0, 0.1) is 0 Å². The monoisotopic (exact) mass is 363 g/mol. The average Bonchev–Trinajstić information content (AvgIpc) is 2.49. The summed E-state index contributed by atoms with van der Waals surface area (Å²) in [5.74, 6) is -0.712. The van der Waals surface area contributed by atoms with E-state index in [4.69, 9.17) is 15.7 Å². The van der Waals surface area contributed by atoms with Crippen LogP contribution < -0.4 is 10.6 Å². The van der Waals surface area contributed by atoms with E-state index in [2.05, 4.69) is 30.6 Å². The minimum Gasteiger partial charge on any atom is -0.352 e. The molecule has 0 aliphatic carbocycles. The Bertz CT molecular complexity index is 821. The molecule has 0 saturated heterocycles. The summed E-state index contributed by atoms with van der Waals surface area (Å²) in [5.41, 5.74) is -0.0167. The van der Waals surface area contributed by atoms with E-state index in [9.17, 15) is 13.2 Å². The molecule has 0 unspecified atom stereocenters. The van der Waals surface area contributed by atoms with Gasteiger partial charge in [0.1, 0.15) is 16.9 Å². The van der Waals surface area contributed by atoms with Gasteiger partial charge in [0.2, 0.25) is 11.9 Å². The van der Waals surface area contributed by atoms with E-state index in [0.29, 0.717) is 0 Å². The van der Waals surface area contributed by atoms with Crippen LogP contribution in [0.25, 0.3) is 11.5 Å². The van der Waals surface area contributed by atoms with Crippen molar-refractivity contribution in [1.82, 2.24) is 19.9 Å². The molecule has 0 aliphatic heterocycles.